The van der Waals surface area contributed by atoms with Crippen molar-refractivity contribution in [2.45, 2.75) is 12.5 Å². The van der Waals surface area contributed by atoms with Crippen LogP contribution in [0.3, 0.4) is 0 Å². The van der Waals surface area contributed by atoms with Gasteiger partial charge in [-0.15, -0.1) is 0 Å². The maximum absolute atomic E-state index is 11.2. The monoisotopic (exact) mass is 190 g/mol. The Morgan fingerprint density at radius 2 is 1.86 bits per heavy atom. The van der Waals surface area contributed by atoms with Crippen molar-refractivity contribution in [1.29, 1.82) is 0 Å². The Bertz CT molecular complexity index is 362. The van der Waals surface area contributed by atoms with Gasteiger partial charge in [-0.1, -0.05) is 30.3 Å². The maximum atomic E-state index is 11.2. The molecule has 0 radical (unpaired) electrons. The van der Waals surface area contributed by atoms with Gasteiger partial charge in [0.25, 0.3) is 5.91 Å². The number of amides is 3. The molecule has 14 heavy (non-hydrogen) atoms. The van der Waals surface area contributed by atoms with E-state index in [0.717, 1.165) is 5.56 Å². The van der Waals surface area contributed by atoms with E-state index in [1.807, 2.05) is 30.3 Å². The predicted octanol–water partition coefficient (Wildman–Crippen LogP) is 0.437. The lowest BCUT2D eigenvalue weighted by molar-refractivity contribution is -0.120. The van der Waals surface area contributed by atoms with Crippen LogP contribution in [-0.2, 0) is 11.2 Å². The zero-order valence-electron chi connectivity index (χ0n) is 7.49. The summed E-state index contributed by atoms with van der Waals surface area (Å²) < 4.78 is 0. The van der Waals surface area contributed by atoms with Crippen LogP contribution < -0.4 is 10.6 Å². The van der Waals surface area contributed by atoms with E-state index in [9.17, 15) is 9.59 Å². The normalized spacial score (nSPS) is 20.4. The van der Waals surface area contributed by atoms with Crippen LogP contribution in [0.25, 0.3) is 0 Å². The Balaban J connectivity index is 2.05. The number of carbonyl (C=O) groups is 2. The maximum Gasteiger partial charge on any atom is 0.322 e. The third kappa shape index (κ3) is 1.74. The molecule has 0 bridgehead atoms. The van der Waals surface area contributed by atoms with Gasteiger partial charge < -0.3 is 5.32 Å². The Morgan fingerprint density at radius 3 is 2.43 bits per heavy atom. The van der Waals surface area contributed by atoms with Crippen LogP contribution in [0.15, 0.2) is 30.3 Å². The number of carbonyl (C=O) groups excluding carboxylic acids is 2. The summed E-state index contributed by atoms with van der Waals surface area (Å²) in [4.78, 5) is 22.0. The van der Waals surface area contributed by atoms with Crippen molar-refractivity contribution >= 4 is 11.9 Å². The second-order valence-corrected chi connectivity index (χ2v) is 3.21. The molecule has 1 heterocycles. The fourth-order valence-corrected chi connectivity index (χ4v) is 1.45. The summed E-state index contributed by atoms with van der Waals surface area (Å²) in [5, 5.41) is 4.75. The average Bonchev–Trinajstić information content (AvgIpc) is 2.47. The number of rotatable bonds is 2. The fourth-order valence-electron chi connectivity index (χ4n) is 1.45. The van der Waals surface area contributed by atoms with E-state index in [2.05, 4.69) is 10.6 Å². The SMILES string of the molecule is O=C1NC(=O)[C@@H](Cc2ccccc2)N1. The molecule has 4 heteroatoms. The van der Waals surface area contributed by atoms with Crippen LogP contribution >= 0.6 is 0 Å². The van der Waals surface area contributed by atoms with Gasteiger partial charge in [0.15, 0.2) is 0 Å². The van der Waals surface area contributed by atoms with E-state index in [4.69, 9.17) is 0 Å². The van der Waals surface area contributed by atoms with Gasteiger partial charge >= 0.3 is 6.03 Å². The molecule has 1 aromatic carbocycles. The van der Waals surface area contributed by atoms with Gasteiger partial charge in [0.1, 0.15) is 6.04 Å². The van der Waals surface area contributed by atoms with Crippen molar-refractivity contribution in [3.8, 4) is 0 Å². The lowest BCUT2D eigenvalue weighted by Crippen LogP contribution is -2.30. The first-order chi connectivity index (χ1) is 6.75. The van der Waals surface area contributed by atoms with Crippen molar-refractivity contribution in [2.75, 3.05) is 0 Å². The molecule has 2 rings (SSSR count). The number of hydrogen-bond donors (Lipinski definition) is 2. The summed E-state index contributed by atoms with van der Waals surface area (Å²) in [5.41, 5.74) is 1.04. The average molecular weight is 190 g/mol. The first-order valence-electron chi connectivity index (χ1n) is 4.41. The third-order valence-electron chi connectivity index (χ3n) is 2.14. The number of imide groups is 1. The minimum absolute atomic E-state index is 0.251. The van der Waals surface area contributed by atoms with E-state index in [0.29, 0.717) is 6.42 Å². The Kier molecular flexibility index (Phi) is 2.18. The van der Waals surface area contributed by atoms with Crippen LogP contribution in [0, 0.1) is 0 Å². The van der Waals surface area contributed by atoms with Gasteiger partial charge in [0, 0.05) is 6.42 Å². The summed E-state index contributed by atoms with van der Waals surface area (Å²) in [7, 11) is 0. The molecule has 0 aliphatic carbocycles. The van der Waals surface area contributed by atoms with E-state index in [1.165, 1.54) is 0 Å². The lowest BCUT2D eigenvalue weighted by Gasteiger charge is -2.06. The molecule has 1 saturated heterocycles. The zero-order valence-corrected chi connectivity index (χ0v) is 7.49. The molecule has 0 spiro atoms. The van der Waals surface area contributed by atoms with Crippen LogP contribution in [0.2, 0.25) is 0 Å². The first-order valence-corrected chi connectivity index (χ1v) is 4.41. The molecule has 0 saturated carbocycles. The highest BCUT2D eigenvalue weighted by Crippen LogP contribution is 2.05. The molecule has 2 N–H and O–H groups in total. The van der Waals surface area contributed by atoms with Crippen LogP contribution in [-0.4, -0.2) is 18.0 Å². The predicted molar refractivity (Wildman–Crippen MR) is 50.6 cm³/mol. The molecular formula is C10H10N2O2. The minimum Gasteiger partial charge on any atom is -0.326 e. The van der Waals surface area contributed by atoms with E-state index in [-0.39, 0.29) is 5.91 Å². The largest absolute Gasteiger partial charge is 0.326 e. The van der Waals surface area contributed by atoms with E-state index in [1.54, 1.807) is 0 Å². The standard InChI is InChI=1S/C10H10N2O2/c13-9-8(11-10(14)12-9)6-7-4-2-1-3-5-7/h1-5,8H,6H2,(H2,11,12,13,14)/t8-/m1/s1. The summed E-state index contributed by atoms with van der Waals surface area (Å²) in [6, 6.07) is 8.75. The first kappa shape index (κ1) is 8.74. The smallest absolute Gasteiger partial charge is 0.322 e. The van der Waals surface area contributed by atoms with Crippen molar-refractivity contribution in [3.63, 3.8) is 0 Å². The Hall–Kier alpha value is -1.84. The summed E-state index contributed by atoms with van der Waals surface area (Å²) in [6.07, 6.45) is 0.540. The van der Waals surface area contributed by atoms with Crippen molar-refractivity contribution in [1.82, 2.24) is 10.6 Å². The molecule has 0 aromatic heterocycles. The summed E-state index contributed by atoms with van der Waals surface area (Å²) >= 11 is 0. The Labute approximate surface area is 81.3 Å². The molecule has 1 fully saturated rings. The van der Waals surface area contributed by atoms with Gasteiger partial charge in [-0.25, -0.2) is 4.79 Å². The molecule has 1 atom stereocenters. The van der Waals surface area contributed by atoms with Crippen molar-refractivity contribution in [3.05, 3.63) is 35.9 Å². The highest BCUT2D eigenvalue weighted by atomic mass is 16.2. The highest BCUT2D eigenvalue weighted by molar-refractivity contribution is 6.04. The topological polar surface area (TPSA) is 58.2 Å². The molecule has 1 aliphatic heterocycles. The summed E-state index contributed by atoms with van der Waals surface area (Å²) in [6.45, 7) is 0. The fraction of sp³-hybridized carbons (Fsp3) is 0.200. The molecule has 3 amide bonds. The third-order valence-corrected chi connectivity index (χ3v) is 2.14. The Morgan fingerprint density at radius 1 is 1.14 bits per heavy atom. The van der Waals surface area contributed by atoms with Crippen LogP contribution in [0.1, 0.15) is 5.56 Å². The van der Waals surface area contributed by atoms with Gasteiger partial charge in [-0.2, -0.15) is 0 Å². The minimum atomic E-state index is -0.426. The van der Waals surface area contributed by atoms with Gasteiger partial charge in [-0.3, -0.25) is 10.1 Å². The zero-order chi connectivity index (χ0) is 9.97. The quantitative estimate of drug-likeness (QED) is 0.665. The summed E-state index contributed by atoms with van der Waals surface area (Å²) in [5.74, 6) is -0.251. The molecule has 72 valence electrons. The van der Waals surface area contributed by atoms with Gasteiger partial charge in [-0.05, 0) is 5.56 Å². The number of hydrogen-bond acceptors (Lipinski definition) is 2. The van der Waals surface area contributed by atoms with E-state index < -0.39 is 12.1 Å². The van der Waals surface area contributed by atoms with Gasteiger partial charge in [0.2, 0.25) is 0 Å². The van der Waals surface area contributed by atoms with Gasteiger partial charge in [0.05, 0.1) is 0 Å². The lowest BCUT2D eigenvalue weighted by atomic mass is 10.1. The second kappa shape index (κ2) is 3.49. The van der Waals surface area contributed by atoms with Crippen molar-refractivity contribution < 1.29 is 9.59 Å². The molecule has 0 unspecified atom stereocenters. The van der Waals surface area contributed by atoms with Crippen LogP contribution in [0.4, 0.5) is 4.79 Å². The molecule has 4 nitrogen and oxygen atoms in total. The van der Waals surface area contributed by atoms with Crippen molar-refractivity contribution in [2.24, 2.45) is 0 Å². The molecule has 1 aliphatic rings. The molecular weight excluding hydrogens is 180 g/mol. The highest BCUT2D eigenvalue weighted by Gasteiger charge is 2.28. The van der Waals surface area contributed by atoms with E-state index >= 15 is 0 Å². The number of urea groups is 1. The molecule has 1 aromatic rings. The number of benzene rings is 1. The van der Waals surface area contributed by atoms with Crippen LogP contribution in [0.5, 0.6) is 0 Å². The second-order valence-electron chi connectivity index (χ2n) is 3.21. The number of nitrogens with one attached hydrogen (secondary N) is 2.